The van der Waals surface area contributed by atoms with Crippen molar-refractivity contribution in [3.8, 4) is 5.75 Å². The summed E-state index contributed by atoms with van der Waals surface area (Å²) >= 11 is 0. The highest BCUT2D eigenvalue weighted by Crippen LogP contribution is 2.60. The lowest BCUT2D eigenvalue weighted by Crippen LogP contribution is -2.70. The summed E-state index contributed by atoms with van der Waals surface area (Å²) in [7, 11) is -2.83. The average Bonchev–Trinajstić information content (AvgIpc) is 2.86. The summed E-state index contributed by atoms with van der Waals surface area (Å²) in [6.07, 6.45) is -14.9. The lowest BCUT2D eigenvalue weighted by atomic mass is 9.93. The number of rotatable bonds is 10. The Morgan fingerprint density at radius 3 is 1.50 bits per heavy atom. The van der Waals surface area contributed by atoms with Crippen LogP contribution in [0.3, 0.4) is 0 Å². The van der Waals surface area contributed by atoms with Gasteiger partial charge in [-0.3, -0.25) is 4.21 Å². The molecule has 236 valence electrons. The molecule has 0 aliphatic carbocycles. The second-order valence-corrected chi connectivity index (χ2v) is 9.81. The molecule has 0 aliphatic heterocycles. The van der Waals surface area contributed by atoms with Crippen molar-refractivity contribution in [3.63, 3.8) is 0 Å². The quantitative estimate of drug-likeness (QED) is 0.147. The summed E-state index contributed by atoms with van der Waals surface area (Å²) in [6, 6.07) is 5.75. The Morgan fingerprint density at radius 2 is 1.07 bits per heavy atom. The van der Waals surface area contributed by atoms with Crippen molar-refractivity contribution in [2.75, 3.05) is 5.75 Å². The van der Waals surface area contributed by atoms with E-state index < -0.39 is 81.4 Å². The molecular formula is C22H12F16O3S. The highest BCUT2D eigenvalue weighted by atomic mass is 32.2. The first-order valence-corrected chi connectivity index (χ1v) is 11.9. The minimum atomic E-state index is -8.04. The van der Waals surface area contributed by atoms with E-state index >= 15 is 0 Å². The fourth-order valence-corrected chi connectivity index (χ4v) is 4.04. The second-order valence-electron chi connectivity index (χ2n) is 8.24. The third-order valence-electron chi connectivity index (χ3n) is 5.34. The number of alkyl halides is 16. The number of halogens is 16. The van der Waals surface area contributed by atoms with Crippen molar-refractivity contribution in [1.82, 2.24) is 0 Å². The summed E-state index contributed by atoms with van der Waals surface area (Å²) < 4.78 is 226. The van der Waals surface area contributed by atoms with Crippen LogP contribution in [0, 0.1) is 0 Å². The molecule has 0 bridgehead atoms. The van der Waals surface area contributed by atoms with Crippen LogP contribution >= 0.6 is 0 Å². The van der Waals surface area contributed by atoms with Gasteiger partial charge in [0.05, 0.1) is 21.9 Å². The lowest BCUT2D eigenvalue weighted by Gasteiger charge is -2.39. The number of carbonyl (C=O) groups is 1. The predicted molar refractivity (Wildman–Crippen MR) is 110 cm³/mol. The molecule has 3 nitrogen and oxygen atoms in total. The Balaban J connectivity index is 2.13. The zero-order valence-corrected chi connectivity index (χ0v) is 20.5. The minimum Gasteiger partial charge on any atom is -0.423 e. The third kappa shape index (κ3) is 6.46. The first-order valence-electron chi connectivity index (χ1n) is 10.5. The van der Waals surface area contributed by atoms with Crippen LogP contribution in [-0.4, -0.2) is 51.7 Å². The van der Waals surface area contributed by atoms with Crippen LogP contribution < -0.4 is 4.74 Å². The van der Waals surface area contributed by atoms with Crippen molar-refractivity contribution >= 4 is 16.8 Å². The van der Waals surface area contributed by atoms with Gasteiger partial charge in [0.25, 0.3) is 0 Å². The van der Waals surface area contributed by atoms with E-state index in [-0.39, 0.29) is 11.3 Å². The highest BCUT2D eigenvalue weighted by molar-refractivity contribution is 7.85. The van der Waals surface area contributed by atoms with Crippen LogP contribution in [0.15, 0.2) is 53.4 Å². The Morgan fingerprint density at radius 1 is 0.619 bits per heavy atom. The summed E-state index contributed by atoms with van der Waals surface area (Å²) in [6.45, 7) is 0. The molecule has 1 unspecified atom stereocenters. The van der Waals surface area contributed by atoms with Gasteiger partial charge in [0.2, 0.25) is 0 Å². The van der Waals surface area contributed by atoms with Crippen molar-refractivity contribution in [2.24, 2.45) is 0 Å². The second kappa shape index (κ2) is 11.2. The van der Waals surface area contributed by atoms with Gasteiger partial charge in [-0.1, -0.05) is 0 Å². The van der Waals surface area contributed by atoms with Gasteiger partial charge in [-0.05, 0) is 48.5 Å². The van der Waals surface area contributed by atoms with Crippen LogP contribution in [0.4, 0.5) is 70.2 Å². The summed E-state index contributed by atoms with van der Waals surface area (Å²) in [4.78, 5) is 11.5. The van der Waals surface area contributed by atoms with E-state index in [1.807, 2.05) is 0 Å². The van der Waals surface area contributed by atoms with Gasteiger partial charge in [-0.15, -0.1) is 0 Å². The molecule has 0 aliphatic rings. The Kier molecular flexibility index (Phi) is 9.38. The van der Waals surface area contributed by atoms with E-state index in [1.54, 1.807) is 0 Å². The molecule has 0 N–H and O–H groups in total. The van der Waals surface area contributed by atoms with Gasteiger partial charge in [0, 0.05) is 17.1 Å². The van der Waals surface area contributed by atoms with Gasteiger partial charge in [0.1, 0.15) is 5.75 Å². The lowest BCUT2D eigenvalue weighted by molar-refractivity contribution is -0.439. The number of hydrogen-bond acceptors (Lipinski definition) is 3. The van der Waals surface area contributed by atoms with E-state index in [0.29, 0.717) is 12.1 Å². The van der Waals surface area contributed by atoms with E-state index in [1.165, 1.54) is 0 Å². The molecule has 1 atom stereocenters. The van der Waals surface area contributed by atoms with E-state index in [4.69, 9.17) is 4.74 Å². The Hall–Kier alpha value is -3.06. The van der Waals surface area contributed by atoms with E-state index in [2.05, 4.69) is 0 Å². The van der Waals surface area contributed by atoms with Crippen molar-refractivity contribution < 1.29 is 84.0 Å². The molecule has 20 heteroatoms. The fourth-order valence-electron chi connectivity index (χ4n) is 2.92. The molecule has 2 aromatic carbocycles. The maximum Gasteiger partial charge on any atom is 0.460 e. The molecular weight excluding hydrogens is 648 g/mol. The van der Waals surface area contributed by atoms with Crippen molar-refractivity contribution in [3.05, 3.63) is 59.7 Å². The smallest absolute Gasteiger partial charge is 0.423 e. The van der Waals surface area contributed by atoms with Crippen LogP contribution in [0.2, 0.25) is 0 Å². The largest absolute Gasteiger partial charge is 0.460 e. The molecule has 0 fully saturated rings. The first-order chi connectivity index (χ1) is 18.7. The fraction of sp³-hybridized carbons (Fsp3) is 0.409. The Bertz CT molecular complexity index is 1280. The SMILES string of the molecule is O=C(Oc1ccc(S(=O)CCC(F)(F)C(F)(F)C(F)(F)C(F)(F)C(F)(F)C(F)(F)F)cc1)c1ccc(C(F)(F)F)cc1. The topological polar surface area (TPSA) is 43.4 Å². The molecule has 0 spiro atoms. The normalized spacial score (nSPS) is 15.0. The standard InChI is InChI=1S/C22H12F16O3S/c23-16(24,18(28,29)19(30,31)20(32,33)21(34,35)22(36,37)38)9-10-42(40)14-7-5-13(6-8-14)41-15(39)11-1-3-12(4-2-11)17(25,26)27/h1-8H,9-10H2. The molecule has 0 saturated carbocycles. The van der Waals surface area contributed by atoms with Gasteiger partial charge in [-0.2, -0.15) is 70.2 Å². The highest BCUT2D eigenvalue weighted by Gasteiger charge is 2.90. The third-order valence-corrected chi connectivity index (χ3v) is 6.72. The number of esters is 1. The predicted octanol–water partition coefficient (Wildman–Crippen LogP) is 8.16. The van der Waals surface area contributed by atoms with Crippen molar-refractivity contribution in [1.29, 1.82) is 0 Å². The molecule has 0 amide bonds. The van der Waals surface area contributed by atoms with Crippen LogP contribution in [-0.2, 0) is 17.0 Å². The molecule has 2 rings (SSSR count). The summed E-state index contributed by atoms with van der Waals surface area (Å²) in [5.74, 6) is -41.1. The maximum absolute atomic E-state index is 13.9. The van der Waals surface area contributed by atoms with Gasteiger partial charge in [0.15, 0.2) is 0 Å². The monoisotopic (exact) mass is 660 g/mol. The van der Waals surface area contributed by atoms with Gasteiger partial charge < -0.3 is 4.74 Å². The van der Waals surface area contributed by atoms with Crippen LogP contribution in [0.5, 0.6) is 5.75 Å². The summed E-state index contributed by atoms with van der Waals surface area (Å²) in [5.41, 5.74) is -1.46. The molecule has 2 aromatic rings. The van der Waals surface area contributed by atoms with Gasteiger partial charge in [-0.25, -0.2) is 4.79 Å². The molecule has 0 radical (unpaired) electrons. The molecule has 0 saturated heterocycles. The van der Waals surface area contributed by atoms with Crippen molar-refractivity contribution in [2.45, 2.75) is 53.3 Å². The zero-order chi connectivity index (χ0) is 32.7. The maximum atomic E-state index is 13.9. The van der Waals surface area contributed by atoms with E-state index in [0.717, 1.165) is 36.4 Å². The first kappa shape index (κ1) is 35.1. The number of hydrogen-bond donors (Lipinski definition) is 0. The molecule has 0 heterocycles. The van der Waals surface area contributed by atoms with Crippen LogP contribution in [0.1, 0.15) is 22.3 Å². The molecule has 0 aromatic heterocycles. The number of carbonyl (C=O) groups excluding carboxylic acids is 1. The Labute approximate surface area is 225 Å². The van der Waals surface area contributed by atoms with E-state index in [9.17, 15) is 79.3 Å². The average molecular weight is 660 g/mol. The minimum absolute atomic E-state index is 0.366. The van der Waals surface area contributed by atoms with Gasteiger partial charge >= 0.3 is 47.9 Å². The van der Waals surface area contributed by atoms with Crippen LogP contribution in [0.25, 0.3) is 0 Å². The molecule has 42 heavy (non-hydrogen) atoms. The summed E-state index contributed by atoms with van der Waals surface area (Å²) in [5, 5.41) is 0. The number of benzene rings is 2. The number of ether oxygens (including phenoxy) is 1. The zero-order valence-electron chi connectivity index (χ0n) is 19.7.